The number of nitrogens with zero attached hydrogens (tertiary/aromatic N) is 3. The lowest BCUT2D eigenvalue weighted by Gasteiger charge is -2.41. The fourth-order valence-corrected chi connectivity index (χ4v) is 7.16. The molecular formula is C29H34F3N3S. The maximum atomic E-state index is 13.7. The van der Waals surface area contributed by atoms with Gasteiger partial charge in [0, 0.05) is 11.1 Å². The number of hydrogen-bond acceptors (Lipinski definition) is 3. The van der Waals surface area contributed by atoms with Gasteiger partial charge < -0.3 is 0 Å². The van der Waals surface area contributed by atoms with E-state index in [4.69, 9.17) is 17.2 Å². The third kappa shape index (κ3) is 4.38. The van der Waals surface area contributed by atoms with Gasteiger partial charge in [0.15, 0.2) is 0 Å². The number of amidine groups is 1. The van der Waals surface area contributed by atoms with Gasteiger partial charge in [-0.25, -0.2) is 4.99 Å². The summed E-state index contributed by atoms with van der Waals surface area (Å²) in [6, 6.07) is 9.81. The van der Waals surface area contributed by atoms with Gasteiger partial charge in [0.05, 0.1) is 22.3 Å². The number of thiocarbonyl (C=S) groups is 1. The average Bonchev–Trinajstić information content (AvgIpc) is 3.42. The van der Waals surface area contributed by atoms with E-state index in [2.05, 4.69) is 37.8 Å². The number of anilines is 1. The van der Waals surface area contributed by atoms with E-state index >= 15 is 0 Å². The number of halogens is 3. The van der Waals surface area contributed by atoms with Crippen molar-refractivity contribution in [1.82, 2.24) is 4.90 Å². The highest BCUT2D eigenvalue weighted by atomic mass is 32.1. The largest absolute Gasteiger partial charge is 0.416 e. The predicted molar refractivity (Wildman–Crippen MR) is 144 cm³/mol. The van der Waals surface area contributed by atoms with Gasteiger partial charge in [-0.05, 0) is 88.9 Å². The molecule has 0 N–H and O–H groups in total. The first kappa shape index (κ1) is 25.4. The molecular weight excluding hydrogens is 479 g/mol. The normalized spacial score (nSPS) is 23.8. The number of hydrogen-bond donors (Lipinski definition) is 0. The molecule has 1 saturated carbocycles. The predicted octanol–water partition coefficient (Wildman–Crippen LogP) is 7.92. The van der Waals surface area contributed by atoms with Crippen LogP contribution in [0, 0.1) is 26.2 Å². The molecule has 192 valence electrons. The molecule has 3 fully saturated rings. The Morgan fingerprint density at radius 3 is 2.17 bits per heavy atom. The lowest BCUT2D eigenvalue weighted by molar-refractivity contribution is -0.137. The van der Waals surface area contributed by atoms with Crippen molar-refractivity contribution in [1.29, 1.82) is 0 Å². The monoisotopic (exact) mass is 513 g/mol. The molecule has 0 aromatic heterocycles. The lowest BCUT2D eigenvalue weighted by Crippen LogP contribution is -2.49. The Morgan fingerprint density at radius 1 is 0.917 bits per heavy atom. The molecule has 1 spiro atoms. The first-order valence-electron chi connectivity index (χ1n) is 13.0. The van der Waals surface area contributed by atoms with E-state index in [0.717, 1.165) is 85.3 Å². The molecule has 2 aromatic carbocycles. The van der Waals surface area contributed by atoms with Gasteiger partial charge in [0.2, 0.25) is 0 Å². The van der Waals surface area contributed by atoms with E-state index in [1.54, 1.807) is 6.07 Å². The van der Waals surface area contributed by atoms with Gasteiger partial charge in [-0.3, -0.25) is 9.80 Å². The first-order valence-corrected chi connectivity index (χ1v) is 13.4. The summed E-state index contributed by atoms with van der Waals surface area (Å²) in [6.07, 6.45) is 3.06. The number of benzene rings is 2. The molecule has 5 rings (SSSR count). The van der Waals surface area contributed by atoms with E-state index in [1.807, 2.05) is 4.90 Å². The molecule has 0 bridgehead atoms. The third-order valence-corrected chi connectivity index (χ3v) is 8.76. The van der Waals surface area contributed by atoms with Gasteiger partial charge in [-0.15, -0.1) is 0 Å². The van der Waals surface area contributed by atoms with Crippen LogP contribution < -0.4 is 4.90 Å². The van der Waals surface area contributed by atoms with Crippen molar-refractivity contribution in [3.8, 4) is 0 Å². The second-order valence-corrected chi connectivity index (χ2v) is 11.2. The van der Waals surface area contributed by atoms with Crippen molar-refractivity contribution in [2.75, 3.05) is 18.0 Å². The van der Waals surface area contributed by atoms with Crippen LogP contribution in [-0.4, -0.2) is 34.9 Å². The SMILES string of the molecule is Cc1cc(C)c(N=C2[C@@H](N3CCCC3)C3(CCCCC3)C(=S)N2c2cccc(C(F)(F)F)c2)c(C)c1. The zero-order valence-electron chi connectivity index (χ0n) is 21.3. The second kappa shape index (κ2) is 9.56. The minimum Gasteiger partial charge on any atom is -0.293 e. The summed E-state index contributed by atoms with van der Waals surface area (Å²) in [5, 5.41) is 0. The highest BCUT2D eigenvalue weighted by Crippen LogP contribution is 2.51. The lowest BCUT2D eigenvalue weighted by atomic mass is 9.70. The Kier molecular flexibility index (Phi) is 6.75. The Hall–Kier alpha value is -2.25. The van der Waals surface area contributed by atoms with Crippen LogP contribution in [-0.2, 0) is 6.18 Å². The first-order chi connectivity index (χ1) is 17.1. The third-order valence-electron chi connectivity index (χ3n) is 8.17. The Labute approximate surface area is 217 Å². The topological polar surface area (TPSA) is 18.8 Å². The van der Waals surface area contributed by atoms with Crippen LogP contribution in [0.25, 0.3) is 0 Å². The molecule has 2 saturated heterocycles. The molecule has 2 aromatic rings. The molecule has 0 amide bonds. The molecule has 3 nitrogen and oxygen atoms in total. The van der Waals surface area contributed by atoms with Crippen LogP contribution in [0.3, 0.4) is 0 Å². The molecule has 7 heteroatoms. The quantitative estimate of drug-likeness (QED) is 0.389. The van der Waals surface area contributed by atoms with Crippen LogP contribution in [0.5, 0.6) is 0 Å². The fraction of sp³-hybridized carbons (Fsp3) is 0.517. The summed E-state index contributed by atoms with van der Waals surface area (Å²) < 4.78 is 41.2. The smallest absolute Gasteiger partial charge is 0.293 e. The summed E-state index contributed by atoms with van der Waals surface area (Å²) in [5.41, 5.74) is 3.73. The molecule has 2 heterocycles. The number of likely N-dealkylation sites (tertiary alicyclic amines) is 1. The summed E-state index contributed by atoms with van der Waals surface area (Å²) >= 11 is 6.22. The van der Waals surface area contributed by atoms with Crippen LogP contribution in [0.4, 0.5) is 24.5 Å². The average molecular weight is 514 g/mol. The van der Waals surface area contributed by atoms with Gasteiger partial charge in [-0.2, -0.15) is 13.2 Å². The molecule has 1 atom stereocenters. The summed E-state index contributed by atoms with van der Waals surface area (Å²) in [6.45, 7) is 8.12. The van der Waals surface area contributed by atoms with Crippen LogP contribution >= 0.6 is 12.2 Å². The Balaban J connectivity index is 1.74. The van der Waals surface area contributed by atoms with Gasteiger partial charge in [0.1, 0.15) is 5.84 Å². The van der Waals surface area contributed by atoms with E-state index in [1.165, 1.54) is 24.1 Å². The highest BCUT2D eigenvalue weighted by Gasteiger charge is 2.58. The van der Waals surface area contributed by atoms with Crippen molar-refractivity contribution < 1.29 is 13.2 Å². The molecule has 0 radical (unpaired) electrons. The molecule has 1 aliphatic carbocycles. The Morgan fingerprint density at radius 2 is 1.56 bits per heavy atom. The summed E-state index contributed by atoms with van der Waals surface area (Å²) in [5.74, 6) is 0.790. The van der Waals surface area contributed by atoms with Crippen molar-refractivity contribution in [3.63, 3.8) is 0 Å². The summed E-state index contributed by atoms with van der Waals surface area (Å²) in [7, 11) is 0. The highest BCUT2D eigenvalue weighted by molar-refractivity contribution is 7.80. The zero-order valence-corrected chi connectivity index (χ0v) is 22.1. The Bertz CT molecular complexity index is 1170. The standard InChI is InChI=1S/C29H34F3N3S/c1-19-16-20(2)24(21(3)17-19)33-26-25(34-14-7-8-15-34)28(12-5-4-6-13-28)27(36)35(26)23-11-9-10-22(18-23)29(30,31)32/h9-11,16-18,25H,4-8,12-15H2,1-3H3/t25-/m1/s1. The molecule has 3 aliphatic rings. The number of aliphatic imine (C=N–C) groups is 1. The number of alkyl halides is 3. The van der Waals surface area contributed by atoms with Crippen molar-refractivity contribution >= 4 is 34.4 Å². The van der Waals surface area contributed by atoms with Crippen LogP contribution in [0.15, 0.2) is 41.4 Å². The van der Waals surface area contributed by atoms with Gasteiger partial charge in [0.25, 0.3) is 0 Å². The minimum atomic E-state index is -4.42. The van der Waals surface area contributed by atoms with Gasteiger partial charge >= 0.3 is 6.18 Å². The summed E-state index contributed by atoms with van der Waals surface area (Å²) in [4.78, 5) is 10.4. The van der Waals surface area contributed by atoms with Crippen LogP contribution in [0.1, 0.15) is 67.2 Å². The van der Waals surface area contributed by atoms with Crippen molar-refractivity contribution in [2.24, 2.45) is 10.4 Å². The van der Waals surface area contributed by atoms with Crippen LogP contribution in [0.2, 0.25) is 0 Å². The van der Waals surface area contributed by atoms with E-state index in [9.17, 15) is 13.2 Å². The molecule has 0 unspecified atom stereocenters. The fourth-order valence-electron chi connectivity index (χ4n) is 6.64. The van der Waals surface area contributed by atoms with E-state index in [0.29, 0.717) is 5.69 Å². The van der Waals surface area contributed by atoms with Crippen molar-refractivity contribution in [2.45, 2.75) is 77.9 Å². The number of rotatable bonds is 3. The van der Waals surface area contributed by atoms with E-state index < -0.39 is 11.7 Å². The van der Waals surface area contributed by atoms with E-state index in [-0.39, 0.29) is 11.5 Å². The van der Waals surface area contributed by atoms with Crippen molar-refractivity contribution in [3.05, 3.63) is 58.7 Å². The number of aryl methyl sites for hydroxylation is 3. The molecule has 36 heavy (non-hydrogen) atoms. The maximum Gasteiger partial charge on any atom is 0.416 e. The minimum absolute atomic E-state index is 0.0255. The van der Waals surface area contributed by atoms with Gasteiger partial charge in [-0.1, -0.05) is 55.2 Å². The second-order valence-electron chi connectivity index (χ2n) is 10.8. The maximum absolute atomic E-state index is 13.7. The molecule has 2 aliphatic heterocycles. The zero-order chi connectivity index (χ0) is 25.7.